The number of hydrogen-bond donors (Lipinski definition) is 2. The molecule has 120 valence electrons. The summed E-state index contributed by atoms with van der Waals surface area (Å²) in [5, 5.41) is 5.51. The molecule has 0 heterocycles. The second kappa shape index (κ2) is 7.45. The molecular weight excluding hydrogens is 292 g/mol. The van der Waals surface area contributed by atoms with Gasteiger partial charge in [-0.2, -0.15) is 0 Å². The van der Waals surface area contributed by atoms with Crippen molar-refractivity contribution in [2.75, 3.05) is 17.7 Å². The topological polar surface area (TPSA) is 67.4 Å². The molecule has 0 aliphatic heterocycles. The Labute approximate surface area is 135 Å². The van der Waals surface area contributed by atoms with Gasteiger partial charge in [0, 0.05) is 23.9 Å². The standard InChI is InChI=1S/C18H20N2O3/c1-12-4-9-17(23-3)14(10-12)11-18(22)20-16-7-5-15(6-8-16)19-13(2)21/h4-10H,11H2,1-3H3,(H,19,21)(H,20,22). The van der Waals surface area contributed by atoms with Gasteiger partial charge >= 0.3 is 0 Å². The lowest BCUT2D eigenvalue weighted by Crippen LogP contribution is -2.15. The van der Waals surface area contributed by atoms with Crippen molar-refractivity contribution in [1.82, 2.24) is 0 Å². The van der Waals surface area contributed by atoms with Crippen LogP contribution in [0.4, 0.5) is 11.4 Å². The third kappa shape index (κ3) is 4.85. The maximum absolute atomic E-state index is 12.2. The highest BCUT2D eigenvalue weighted by Gasteiger charge is 2.09. The van der Waals surface area contributed by atoms with Crippen molar-refractivity contribution in [2.24, 2.45) is 0 Å². The largest absolute Gasteiger partial charge is 0.496 e. The fraction of sp³-hybridized carbons (Fsp3) is 0.222. The Balaban J connectivity index is 2.02. The fourth-order valence-electron chi connectivity index (χ4n) is 2.26. The smallest absolute Gasteiger partial charge is 0.228 e. The number of rotatable bonds is 5. The summed E-state index contributed by atoms with van der Waals surface area (Å²) in [7, 11) is 1.59. The Morgan fingerprint density at radius 2 is 1.61 bits per heavy atom. The molecule has 0 saturated heterocycles. The number of hydrogen-bond acceptors (Lipinski definition) is 3. The number of ether oxygens (including phenoxy) is 1. The third-order valence-electron chi connectivity index (χ3n) is 3.28. The lowest BCUT2D eigenvalue weighted by Gasteiger charge is -2.10. The Morgan fingerprint density at radius 3 is 2.17 bits per heavy atom. The van der Waals surface area contributed by atoms with E-state index in [1.165, 1.54) is 6.92 Å². The van der Waals surface area contributed by atoms with Crippen LogP contribution in [0.2, 0.25) is 0 Å². The molecule has 23 heavy (non-hydrogen) atoms. The Hall–Kier alpha value is -2.82. The van der Waals surface area contributed by atoms with Crippen molar-refractivity contribution < 1.29 is 14.3 Å². The molecule has 2 rings (SSSR count). The maximum Gasteiger partial charge on any atom is 0.228 e. The first-order valence-electron chi connectivity index (χ1n) is 7.29. The second-order valence-corrected chi connectivity index (χ2v) is 5.30. The predicted molar refractivity (Wildman–Crippen MR) is 90.8 cm³/mol. The van der Waals surface area contributed by atoms with Gasteiger partial charge < -0.3 is 15.4 Å². The van der Waals surface area contributed by atoms with Crippen LogP contribution in [0.25, 0.3) is 0 Å². The lowest BCUT2D eigenvalue weighted by molar-refractivity contribution is -0.116. The molecule has 0 saturated carbocycles. The van der Waals surface area contributed by atoms with Crippen molar-refractivity contribution in [3.05, 3.63) is 53.6 Å². The molecule has 0 atom stereocenters. The zero-order valence-electron chi connectivity index (χ0n) is 13.5. The van der Waals surface area contributed by atoms with Crippen LogP contribution in [-0.2, 0) is 16.0 Å². The average Bonchev–Trinajstić information content (AvgIpc) is 2.49. The summed E-state index contributed by atoms with van der Waals surface area (Å²) >= 11 is 0. The fourth-order valence-corrected chi connectivity index (χ4v) is 2.26. The summed E-state index contributed by atoms with van der Waals surface area (Å²) in [5.41, 5.74) is 3.29. The summed E-state index contributed by atoms with van der Waals surface area (Å²) in [6.07, 6.45) is 0.234. The number of methoxy groups -OCH3 is 1. The van der Waals surface area contributed by atoms with Gasteiger partial charge in [0.25, 0.3) is 0 Å². The van der Waals surface area contributed by atoms with E-state index in [1.54, 1.807) is 31.4 Å². The van der Waals surface area contributed by atoms with Crippen LogP contribution in [0.1, 0.15) is 18.1 Å². The van der Waals surface area contributed by atoms with E-state index in [9.17, 15) is 9.59 Å². The first kappa shape index (κ1) is 16.5. The predicted octanol–water partition coefficient (Wildman–Crippen LogP) is 3.14. The molecular formula is C18H20N2O3. The molecule has 0 spiro atoms. The van der Waals surface area contributed by atoms with E-state index in [-0.39, 0.29) is 18.2 Å². The second-order valence-electron chi connectivity index (χ2n) is 5.30. The third-order valence-corrected chi connectivity index (χ3v) is 3.28. The summed E-state index contributed by atoms with van der Waals surface area (Å²) in [4.78, 5) is 23.2. The average molecular weight is 312 g/mol. The van der Waals surface area contributed by atoms with Crippen LogP contribution in [-0.4, -0.2) is 18.9 Å². The normalized spacial score (nSPS) is 10.0. The van der Waals surface area contributed by atoms with Crippen molar-refractivity contribution in [1.29, 1.82) is 0 Å². The molecule has 5 heteroatoms. The molecule has 0 bridgehead atoms. The zero-order chi connectivity index (χ0) is 16.8. The van der Waals surface area contributed by atoms with Crippen LogP contribution in [0.5, 0.6) is 5.75 Å². The molecule has 0 fully saturated rings. The SMILES string of the molecule is COc1ccc(C)cc1CC(=O)Nc1ccc(NC(C)=O)cc1. The van der Waals surface area contributed by atoms with Crippen LogP contribution < -0.4 is 15.4 Å². The van der Waals surface area contributed by atoms with Crippen LogP contribution in [0.3, 0.4) is 0 Å². The van der Waals surface area contributed by atoms with E-state index in [4.69, 9.17) is 4.74 Å². The molecule has 0 aliphatic rings. The molecule has 0 unspecified atom stereocenters. The van der Waals surface area contributed by atoms with Gasteiger partial charge in [0.05, 0.1) is 13.5 Å². The molecule has 2 amide bonds. The Kier molecular flexibility index (Phi) is 5.36. The highest BCUT2D eigenvalue weighted by atomic mass is 16.5. The molecule has 0 radical (unpaired) electrons. The van der Waals surface area contributed by atoms with Crippen molar-refractivity contribution >= 4 is 23.2 Å². The van der Waals surface area contributed by atoms with E-state index < -0.39 is 0 Å². The number of anilines is 2. The van der Waals surface area contributed by atoms with Gasteiger partial charge in [0.15, 0.2) is 0 Å². The van der Waals surface area contributed by atoms with Crippen LogP contribution in [0.15, 0.2) is 42.5 Å². The minimum absolute atomic E-state index is 0.124. The van der Waals surface area contributed by atoms with Crippen molar-refractivity contribution in [3.63, 3.8) is 0 Å². The first-order valence-corrected chi connectivity index (χ1v) is 7.29. The highest BCUT2D eigenvalue weighted by Crippen LogP contribution is 2.21. The molecule has 2 aromatic carbocycles. The van der Waals surface area contributed by atoms with E-state index in [1.807, 2.05) is 25.1 Å². The van der Waals surface area contributed by atoms with Gasteiger partial charge in [0.1, 0.15) is 5.75 Å². The molecule has 0 aromatic heterocycles. The van der Waals surface area contributed by atoms with Crippen molar-refractivity contribution in [3.8, 4) is 5.75 Å². The Morgan fingerprint density at radius 1 is 1.00 bits per heavy atom. The highest BCUT2D eigenvalue weighted by molar-refractivity contribution is 5.93. The van der Waals surface area contributed by atoms with Gasteiger partial charge in [-0.3, -0.25) is 9.59 Å². The number of carbonyl (C=O) groups is 2. The van der Waals surface area contributed by atoms with Crippen LogP contribution in [0, 0.1) is 6.92 Å². The Bertz CT molecular complexity index is 709. The van der Waals surface area contributed by atoms with Gasteiger partial charge in [-0.05, 0) is 37.3 Å². The monoisotopic (exact) mass is 312 g/mol. The van der Waals surface area contributed by atoms with E-state index in [2.05, 4.69) is 10.6 Å². The first-order chi connectivity index (χ1) is 11.0. The molecule has 5 nitrogen and oxygen atoms in total. The van der Waals surface area contributed by atoms with E-state index >= 15 is 0 Å². The van der Waals surface area contributed by atoms with Gasteiger partial charge in [-0.15, -0.1) is 0 Å². The zero-order valence-corrected chi connectivity index (χ0v) is 13.5. The quantitative estimate of drug-likeness (QED) is 0.891. The lowest BCUT2D eigenvalue weighted by atomic mass is 10.1. The van der Waals surface area contributed by atoms with Gasteiger partial charge in [-0.1, -0.05) is 17.7 Å². The number of benzene rings is 2. The number of amides is 2. The van der Waals surface area contributed by atoms with Crippen molar-refractivity contribution in [2.45, 2.75) is 20.3 Å². The molecule has 0 aliphatic carbocycles. The maximum atomic E-state index is 12.2. The summed E-state index contributed by atoms with van der Waals surface area (Å²) in [6, 6.07) is 12.7. The molecule has 2 aromatic rings. The summed E-state index contributed by atoms with van der Waals surface area (Å²) < 4.78 is 5.28. The van der Waals surface area contributed by atoms with Gasteiger partial charge in [-0.25, -0.2) is 0 Å². The van der Waals surface area contributed by atoms with E-state index in [0.717, 1.165) is 11.1 Å². The summed E-state index contributed by atoms with van der Waals surface area (Å²) in [5.74, 6) is 0.446. The van der Waals surface area contributed by atoms with Gasteiger partial charge in [0.2, 0.25) is 11.8 Å². The number of nitrogens with one attached hydrogen (secondary N) is 2. The van der Waals surface area contributed by atoms with Crippen LogP contribution >= 0.6 is 0 Å². The molecule has 2 N–H and O–H groups in total. The number of aryl methyl sites for hydroxylation is 1. The number of carbonyl (C=O) groups excluding carboxylic acids is 2. The minimum atomic E-state index is -0.131. The minimum Gasteiger partial charge on any atom is -0.496 e. The summed E-state index contributed by atoms with van der Waals surface area (Å²) in [6.45, 7) is 3.42. The van der Waals surface area contributed by atoms with E-state index in [0.29, 0.717) is 17.1 Å².